The Hall–Kier alpha value is -2.34. The Morgan fingerprint density at radius 3 is 2.62 bits per heavy atom. The zero-order valence-electron chi connectivity index (χ0n) is 14.4. The standard InChI is InChI=1S/C18H25N5O/c1-14-17(12-20-18(19)22-8-10-24-11-9-22)15(2)23(21-14)13-16-6-4-3-5-7-16/h3-7H,8-13H2,1-2H3,(H2,19,20). The first-order valence-corrected chi connectivity index (χ1v) is 8.34. The van der Waals surface area contributed by atoms with E-state index in [0.717, 1.165) is 36.6 Å². The Morgan fingerprint density at radius 2 is 1.92 bits per heavy atom. The first kappa shape index (κ1) is 16.5. The van der Waals surface area contributed by atoms with Crippen molar-refractivity contribution in [3.05, 3.63) is 52.8 Å². The van der Waals surface area contributed by atoms with Crippen molar-refractivity contribution in [2.75, 3.05) is 26.3 Å². The minimum atomic E-state index is 0.565. The molecule has 1 aromatic carbocycles. The van der Waals surface area contributed by atoms with Crippen molar-refractivity contribution in [1.82, 2.24) is 14.7 Å². The fraction of sp³-hybridized carbons (Fsp3) is 0.444. The molecule has 0 atom stereocenters. The summed E-state index contributed by atoms with van der Waals surface area (Å²) in [6.45, 7) is 8.50. The van der Waals surface area contributed by atoms with E-state index in [1.807, 2.05) is 17.7 Å². The van der Waals surface area contributed by atoms with Crippen LogP contribution in [0.3, 0.4) is 0 Å². The number of hydrogen-bond acceptors (Lipinski definition) is 3. The van der Waals surface area contributed by atoms with Gasteiger partial charge < -0.3 is 15.4 Å². The second-order valence-electron chi connectivity index (χ2n) is 6.07. The number of guanidine groups is 1. The first-order chi connectivity index (χ1) is 11.6. The van der Waals surface area contributed by atoms with Crippen LogP contribution in [0.1, 0.15) is 22.5 Å². The Balaban J connectivity index is 1.72. The van der Waals surface area contributed by atoms with Crippen LogP contribution < -0.4 is 5.73 Å². The Morgan fingerprint density at radius 1 is 1.21 bits per heavy atom. The van der Waals surface area contributed by atoms with Gasteiger partial charge in [-0.2, -0.15) is 5.10 Å². The molecule has 1 fully saturated rings. The third-order valence-electron chi connectivity index (χ3n) is 4.44. The maximum Gasteiger partial charge on any atom is 0.191 e. The molecule has 6 nitrogen and oxygen atoms in total. The molecule has 0 amide bonds. The lowest BCUT2D eigenvalue weighted by atomic mass is 10.2. The second kappa shape index (κ2) is 7.49. The van der Waals surface area contributed by atoms with Crippen LogP contribution >= 0.6 is 0 Å². The Bertz CT molecular complexity index is 702. The molecule has 128 valence electrons. The summed E-state index contributed by atoms with van der Waals surface area (Å²) in [4.78, 5) is 6.64. The molecule has 1 aliphatic heterocycles. The zero-order chi connectivity index (χ0) is 16.9. The van der Waals surface area contributed by atoms with Gasteiger partial charge in [-0.25, -0.2) is 4.99 Å². The normalized spacial score (nSPS) is 15.8. The highest BCUT2D eigenvalue weighted by atomic mass is 16.5. The van der Waals surface area contributed by atoms with E-state index in [1.54, 1.807) is 0 Å². The van der Waals surface area contributed by atoms with Crippen LogP contribution in [0, 0.1) is 13.8 Å². The third kappa shape index (κ3) is 3.76. The highest BCUT2D eigenvalue weighted by Crippen LogP contribution is 2.16. The Kier molecular flexibility index (Phi) is 5.15. The van der Waals surface area contributed by atoms with Gasteiger partial charge in [-0.05, 0) is 19.4 Å². The number of aryl methyl sites for hydroxylation is 1. The molecule has 24 heavy (non-hydrogen) atoms. The average Bonchev–Trinajstić information content (AvgIpc) is 2.88. The van der Waals surface area contributed by atoms with Gasteiger partial charge >= 0.3 is 0 Å². The predicted molar refractivity (Wildman–Crippen MR) is 95.0 cm³/mol. The number of aliphatic imine (C=N–C) groups is 1. The number of hydrogen-bond donors (Lipinski definition) is 1. The lowest BCUT2D eigenvalue weighted by Crippen LogP contribution is -2.44. The summed E-state index contributed by atoms with van der Waals surface area (Å²) < 4.78 is 7.39. The number of ether oxygens (including phenoxy) is 1. The molecule has 0 spiro atoms. The van der Waals surface area contributed by atoms with Crippen molar-refractivity contribution in [3.8, 4) is 0 Å². The van der Waals surface area contributed by atoms with E-state index in [4.69, 9.17) is 10.5 Å². The van der Waals surface area contributed by atoms with Crippen molar-refractivity contribution < 1.29 is 4.74 Å². The largest absolute Gasteiger partial charge is 0.378 e. The van der Waals surface area contributed by atoms with Gasteiger partial charge in [-0.1, -0.05) is 30.3 Å². The molecular weight excluding hydrogens is 302 g/mol. The van der Waals surface area contributed by atoms with Gasteiger partial charge in [0.25, 0.3) is 0 Å². The molecule has 0 saturated carbocycles. The Labute approximate surface area is 142 Å². The molecule has 0 radical (unpaired) electrons. The number of morpholine rings is 1. The minimum absolute atomic E-state index is 0.565. The highest BCUT2D eigenvalue weighted by molar-refractivity contribution is 5.78. The van der Waals surface area contributed by atoms with Crippen molar-refractivity contribution in [1.29, 1.82) is 0 Å². The van der Waals surface area contributed by atoms with Crippen LogP contribution in [-0.2, 0) is 17.8 Å². The van der Waals surface area contributed by atoms with E-state index in [-0.39, 0.29) is 0 Å². The van der Waals surface area contributed by atoms with Gasteiger partial charge in [-0.3, -0.25) is 4.68 Å². The van der Waals surface area contributed by atoms with Crippen LogP contribution in [0.15, 0.2) is 35.3 Å². The summed E-state index contributed by atoms with van der Waals surface area (Å²) in [6.07, 6.45) is 0. The van der Waals surface area contributed by atoms with Crippen molar-refractivity contribution in [3.63, 3.8) is 0 Å². The summed E-state index contributed by atoms with van der Waals surface area (Å²) >= 11 is 0. The summed E-state index contributed by atoms with van der Waals surface area (Å²) in [5.74, 6) is 0.591. The van der Waals surface area contributed by atoms with E-state index in [1.165, 1.54) is 5.56 Å². The molecule has 1 aromatic heterocycles. The number of rotatable bonds is 4. The van der Waals surface area contributed by atoms with Gasteiger partial charge in [0.05, 0.1) is 32.0 Å². The van der Waals surface area contributed by atoms with Crippen LogP contribution in [0.5, 0.6) is 0 Å². The second-order valence-corrected chi connectivity index (χ2v) is 6.07. The van der Waals surface area contributed by atoms with Crippen molar-refractivity contribution in [2.24, 2.45) is 10.7 Å². The molecule has 0 aliphatic carbocycles. The molecule has 0 bridgehead atoms. The molecule has 1 saturated heterocycles. The fourth-order valence-corrected chi connectivity index (χ4v) is 2.93. The van der Waals surface area contributed by atoms with Gasteiger partial charge in [0.2, 0.25) is 0 Å². The van der Waals surface area contributed by atoms with E-state index in [2.05, 4.69) is 46.2 Å². The maximum absolute atomic E-state index is 6.12. The maximum atomic E-state index is 6.12. The molecule has 2 N–H and O–H groups in total. The van der Waals surface area contributed by atoms with Crippen LogP contribution in [-0.4, -0.2) is 46.9 Å². The molecular formula is C18H25N5O. The van der Waals surface area contributed by atoms with E-state index >= 15 is 0 Å². The highest BCUT2D eigenvalue weighted by Gasteiger charge is 2.14. The van der Waals surface area contributed by atoms with E-state index in [0.29, 0.717) is 25.7 Å². The first-order valence-electron chi connectivity index (χ1n) is 8.34. The smallest absolute Gasteiger partial charge is 0.191 e. The lowest BCUT2D eigenvalue weighted by Gasteiger charge is -2.27. The minimum Gasteiger partial charge on any atom is -0.378 e. The van der Waals surface area contributed by atoms with E-state index in [9.17, 15) is 0 Å². The zero-order valence-corrected chi connectivity index (χ0v) is 14.4. The number of nitrogens with zero attached hydrogens (tertiary/aromatic N) is 4. The van der Waals surface area contributed by atoms with Gasteiger partial charge in [-0.15, -0.1) is 0 Å². The molecule has 6 heteroatoms. The van der Waals surface area contributed by atoms with Crippen molar-refractivity contribution >= 4 is 5.96 Å². The monoisotopic (exact) mass is 327 g/mol. The quantitative estimate of drug-likeness (QED) is 0.685. The molecule has 2 heterocycles. The topological polar surface area (TPSA) is 68.7 Å². The van der Waals surface area contributed by atoms with E-state index < -0.39 is 0 Å². The van der Waals surface area contributed by atoms with Gasteiger partial charge in [0.15, 0.2) is 5.96 Å². The number of aromatic nitrogens is 2. The van der Waals surface area contributed by atoms with Gasteiger partial charge in [0, 0.05) is 24.3 Å². The predicted octanol–water partition coefficient (Wildman–Crippen LogP) is 1.70. The number of nitrogens with two attached hydrogens (primary N) is 1. The summed E-state index contributed by atoms with van der Waals surface area (Å²) in [6, 6.07) is 10.4. The SMILES string of the molecule is Cc1nn(Cc2ccccc2)c(C)c1CN=C(N)N1CCOCC1. The average molecular weight is 327 g/mol. The van der Waals surface area contributed by atoms with Crippen LogP contribution in [0.25, 0.3) is 0 Å². The summed E-state index contributed by atoms with van der Waals surface area (Å²) in [7, 11) is 0. The third-order valence-corrected chi connectivity index (χ3v) is 4.44. The lowest BCUT2D eigenvalue weighted by molar-refractivity contribution is 0.0674. The van der Waals surface area contributed by atoms with Gasteiger partial charge in [0.1, 0.15) is 0 Å². The fourth-order valence-electron chi connectivity index (χ4n) is 2.93. The molecule has 0 unspecified atom stereocenters. The van der Waals surface area contributed by atoms with Crippen molar-refractivity contribution in [2.45, 2.75) is 26.9 Å². The molecule has 3 rings (SSSR count). The van der Waals surface area contributed by atoms with Crippen LogP contribution in [0.4, 0.5) is 0 Å². The molecule has 1 aliphatic rings. The molecule has 2 aromatic rings. The number of benzene rings is 1. The summed E-state index contributed by atoms with van der Waals surface area (Å²) in [5, 5.41) is 4.67. The summed E-state index contributed by atoms with van der Waals surface area (Å²) in [5.41, 5.74) is 10.7. The van der Waals surface area contributed by atoms with Crippen LogP contribution in [0.2, 0.25) is 0 Å².